The van der Waals surface area contributed by atoms with E-state index in [0.717, 1.165) is 13.1 Å². The fourth-order valence-electron chi connectivity index (χ4n) is 2.42. The van der Waals surface area contributed by atoms with Gasteiger partial charge in [-0.3, -0.25) is 4.98 Å². The molecule has 2 fully saturated rings. The Morgan fingerprint density at radius 2 is 1.89 bits per heavy atom. The molecule has 0 amide bonds. The number of anilines is 1. The van der Waals surface area contributed by atoms with Gasteiger partial charge in [-0.25, -0.2) is 4.68 Å². The Morgan fingerprint density at radius 1 is 1.11 bits per heavy atom. The summed E-state index contributed by atoms with van der Waals surface area (Å²) in [5.74, 6) is 0.690. The average Bonchev–Trinajstić information content (AvgIpc) is 3.09. The Labute approximate surface area is 105 Å². The van der Waals surface area contributed by atoms with Crippen LogP contribution in [0.5, 0.6) is 0 Å². The van der Waals surface area contributed by atoms with Gasteiger partial charge in [0.1, 0.15) is 0 Å². The second-order valence-electron chi connectivity index (χ2n) is 5.16. The molecule has 1 aliphatic carbocycles. The van der Waals surface area contributed by atoms with Crippen LogP contribution in [-0.4, -0.2) is 33.1 Å². The molecule has 0 spiro atoms. The zero-order valence-corrected chi connectivity index (χ0v) is 10.1. The lowest BCUT2D eigenvalue weighted by Crippen LogP contribution is -2.48. The van der Waals surface area contributed by atoms with Crippen molar-refractivity contribution in [3.8, 4) is 0 Å². The Hall–Kier alpha value is -1.91. The van der Waals surface area contributed by atoms with Crippen molar-refractivity contribution in [1.82, 2.24) is 20.0 Å². The molecule has 0 atom stereocenters. The van der Waals surface area contributed by atoms with Crippen molar-refractivity contribution in [2.45, 2.75) is 24.8 Å². The summed E-state index contributed by atoms with van der Waals surface area (Å²) in [7, 11) is 0. The monoisotopic (exact) mass is 241 g/mol. The third-order valence-corrected chi connectivity index (χ3v) is 3.79. The summed E-state index contributed by atoms with van der Waals surface area (Å²) < 4.78 is 2.03. The molecule has 0 unspecified atom stereocenters. The second-order valence-corrected chi connectivity index (χ2v) is 5.16. The van der Waals surface area contributed by atoms with E-state index in [9.17, 15) is 0 Å². The van der Waals surface area contributed by atoms with E-state index in [0.29, 0.717) is 12.0 Å². The van der Waals surface area contributed by atoms with Gasteiger partial charge >= 0.3 is 0 Å². The van der Waals surface area contributed by atoms with Gasteiger partial charge in [-0.1, -0.05) is 5.21 Å². The van der Waals surface area contributed by atoms with Crippen molar-refractivity contribution in [1.29, 1.82) is 0 Å². The highest BCUT2D eigenvalue weighted by molar-refractivity contribution is 5.47. The van der Waals surface area contributed by atoms with Crippen LogP contribution in [0.25, 0.3) is 0 Å². The van der Waals surface area contributed by atoms with E-state index in [1.54, 1.807) is 0 Å². The molecule has 0 aromatic carbocycles. The first-order chi connectivity index (χ1) is 8.90. The molecule has 2 aromatic rings. The first-order valence-electron chi connectivity index (χ1n) is 6.47. The summed E-state index contributed by atoms with van der Waals surface area (Å²) >= 11 is 0. The molecule has 92 valence electrons. The number of nitrogens with zero attached hydrogens (tertiary/aromatic N) is 5. The zero-order valence-electron chi connectivity index (χ0n) is 10.1. The first-order valence-corrected chi connectivity index (χ1v) is 6.47. The van der Waals surface area contributed by atoms with Gasteiger partial charge < -0.3 is 4.90 Å². The maximum Gasteiger partial charge on any atom is 0.0886 e. The number of hydrogen-bond donors (Lipinski definition) is 0. The van der Waals surface area contributed by atoms with Gasteiger partial charge in [0, 0.05) is 43.3 Å². The molecule has 1 saturated heterocycles. The van der Waals surface area contributed by atoms with Gasteiger partial charge in [-0.2, -0.15) is 0 Å². The highest BCUT2D eigenvalue weighted by Gasteiger charge is 2.32. The lowest BCUT2D eigenvalue weighted by Gasteiger charge is -2.40. The number of pyridine rings is 1. The summed E-state index contributed by atoms with van der Waals surface area (Å²) in [6.07, 6.45) is 8.37. The van der Waals surface area contributed by atoms with E-state index < -0.39 is 0 Å². The van der Waals surface area contributed by atoms with Crippen molar-refractivity contribution in [3.63, 3.8) is 0 Å². The Morgan fingerprint density at radius 3 is 2.61 bits per heavy atom. The fraction of sp³-hybridized carbons (Fsp3) is 0.462. The topological polar surface area (TPSA) is 46.8 Å². The predicted octanol–water partition coefficient (Wildman–Crippen LogP) is 1.61. The van der Waals surface area contributed by atoms with E-state index in [4.69, 9.17) is 0 Å². The molecule has 3 heterocycles. The smallest absolute Gasteiger partial charge is 0.0886 e. The van der Waals surface area contributed by atoms with Crippen LogP contribution in [0.2, 0.25) is 0 Å². The molecular formula is C13H15N5. The third kappa shape index (κ3) is 1.66. The van der Waals surface area contributed by atoms with Gasteiger partial charge in [0.25, 0.3) is 0 Å². The van der Waals surface area contributed by atoms with Crippen LogP contribution in [0, 0.1) is 0 Å². The molecule has 4 rings (SSSR count). The minimum Gasteiger partial charge on any atom is -0.367 e. The fourth-order valence-corrected chi connectivity index (χ4v) is 2.42. The predicted molar refractivity (Wildman–Crippen MR) is 67.5 cm³/mol. The molecule has 0 radical (unpaired) electrons. The Kier molecular flexibility index (Phi) is 2.12. The highest BCUT2D eigenvalue weighted by atomic mass is 15.5. The quantitative estimate of drug-likeness (QED) is 0.819. The second kappa shape index (κ2) is 3.80. The summed E-state index contributed by atoms with van der Waals surface area (Å²) in [6.45, 7) is 2.02. The van der Waals surface area contributed by atoms with Crippen molar-refractivity contribution >= 4 is 5.69 Å². The van der Waals surface area contributed by atoms with Gasteiger partial charge in [-0.15, -0.1) is 5.10 Å². The molecule has 2 aliphatic rings. The molecule has 18 heavy (non-hydrogen) atoms. The molecular weight excluding hydrogens is 226 g/mol. The van der Waals surface area contributed by atoms with Crippen molar-refractivity contribution in [2.24, 2.45) is 0 Å². The summed E-state index contributed by atoms with van der Waals surface area (Å²) in [6, 6.07) is 4.57. The number of aromatic nitrogens is 4. The highest BCUT2D eigenvalue weighted by Crippen LogP contribution is 2.39. The van der Waals surface area contributed by atoms with E-state index in [1.807, 2.05) is 29.2 Å². The standard InChI is InChI=1S/C13H15N5/c1-2-10(1)13-9-18(16-15-13)12-7-17(8-12)11-3-5-14-6-4-11/h3-6,9-10,12H,1-2,7-8H2. The van der Waals surface area contributed by atoms with Crippen molar-refractivity contribution < 1.29 is 0 Å². The van der Waals surface area contributed by atoms with Crippen LogP contribution in [0.3, 0.4) is 0 Å². The SMILES string of the molecule is c1cc(N2CC(n3cc(C4CC4)nn3)C2)ccn1. The van der Waals surface area contributed by atoms with Crippen LogP contribution >= 0.6 is 0 Å². The maximum absolute atomic E-state index is 4.26. The molecule has 2 aromatic heterocycles. The molecule has 0 bridgehead atoms. The van der Waals surface area contributed by atoms with E-state index >= 15 is 0 Å². The minimum absolute atomic E-state index is 0.471. The van der Waals surface area contributed by atoms with Crippen molar-refractivity contribution in [3.05, 3.63) is 36.4 Å². The van der Waals surface area contributed by atoms with Crippen molar-refractivity contribution in [2.75, 3.05) is 18.0 Å². The van der Waals surface area contributed by atoms with Gasteiger partial charge in [-0.05, 0) is 25.0 Å². The van der Waals surface area contributed by atoms with Gasteiger partial charge in [0.05, 0.1) is 11.7 Å². The third-order valence-electron chi connectivity index (χ3n) is 3.79. The van der Waals surface area contributed by atoms with E-state index in [-0.39, 0.29) is 0 Å². The number of rotatable bonds is 3. The minimum atomic E-state index is 0.471. The summed E-state index contributed by atoms with van der Waals surface area (Å²) in [5.41, 5.74) is 2.42. The van der Waals surface area contributed by atoms with Gasteiger partial charge in [0.15, 0.2) is 0 Å². The lowest BCUT2D eigenvalue weighted by molar-refractivity contribution is 0.361. The lowest BCUT2D eigenvalue weighted by atomic mass is 10.1. The molecule has 5 heteroatoms. The maximum atomic E-state index is 4.26. The average molecular weight is 241 g/mol. The summed E-state index contributed by atoms with van der Waals surface area (Å²) in [5, 5.41) is 8.52. The molecule has 5 nitrogen and oxygen atoms in total. The van der Waals surface area contributed by atoms with E-state index in [1.165, 1.54) is 24.2 Å². The van der Waals surface area contributed by atoms with Crippen LogP contribution in [0.1, 0.15) is 30.5 Å². The van der Waals surface area contributed by atoms with Crippen LogP contribution in [0.4, 0.5) is 5.69 Å². The molecule has 1 saturated carbocycles. The normalized spacial score (nSPS) is 19.9. The van der Waals surface area contributed by atoms with Gasteiger partial charge in [0.2, 0.25) is 0 Å². The zero-order chi connectivity index (χ0) is 11.9. The summed E-state index contributed by atoms with van der Waals surface area (Å²) in [4.78, 5) is 6.38. The van der Waals surface area contributed by atoms with Crippen LogP contribution in [0.15, 0.2) is 30.7 Å². The Balaban J connectivity index is 1.43. The van der Waals surface area contributed by atoms with Crippen LogP contribution < -0.4 is 4.90 Å². The number of hydrogen-bond acceptors (Lipinski definition) is 4. The van der Waals surface area contributed by atoms with Crippen LogP contribution in [-0.2, 0) is 0 Å². The largest absolute Gasteiger partial charge is 0.367 e. The Bertz CT molecular complexity index is 540. The molecule has 1 aliphatic heterocycles. The van der Waals surface area contributed by atoms with E-state index in [2.05, 4.69) is 26.4 Å². The first kappa shape index (κ1) is 10.1. The molecule has 0 N–H and O–H groups in total.